The van der Waals surface area contributed by atoms with Crippen LogP contribution in [-0.4, -0.2) is 73.2 Å². The first-order valence-electron chi connectivity index (χ1n) is 9.77. The quantitative estimate of drug-likeness (QED) is 0.182. The molecule has 0 saturated carbocycles. The fourth-order valence-electron chi connectivity index (χ4n) is 2.20. The molecule has 31 heavy (non-hydrogen) atoms. The first-order valence-corrected chi connectivity index (χ1v) is 9.27. The SMILES string of the molecule is [2H]C(C)(OCNC(=O)CNC(=O)[C@H](Cc1ccccc1)NC(=O)CNC(=O)CN)C(=O)O. The smallest absolute Gasteiger partial charge is 0.332 e. The average Bonchev–Trinajstić information content (AvgIpc) is 2.75. The third-order valence-corrected chi connectivity index (χ3v) is 3.85. The van der Waals surface area contributed by atoms with Gasteiger partial charge in [0.2, 0.25) is 23.6 Å². The number of carbonyl (C=O) groups is 5. The van der Waals surface area contributed by atoms with Crippen LogP contribution in [0.5, 0.6) is 0 Å². The Hall–Kier alpha value is -3.51. The van der Waals surface area contributed by atoms with Gasteiger partial charge in [-0.15, -0.1) is 0 Å². The Morgan fingerprint density at radius 1 is 1.03 bits per heavy atom. The highest BCUT2D eigenvalue weighted by molar-refractivity contribution is 5.92. The number of carbonyl (C=O) groups excluding carboxylic acids is 4. The van der Waals surface area contributed by atoms with Crippen LogP contribution >= 0.6 is 0 Å². The Kier molecular flexibility index (Phi) is 10.5. The van der Waals surface area contributed by atoms with Crippen molar-refractivity contribution in [2.45, 2.75) is 25.5 Å². The Balaban J connectivity index is 2.62. The minimum Gasteiger partial charge on any atom is -0.479 e. The lowest BCUT2D eigenvalue weighted by Gasteiger charge is -2.19. The number of nitrogens with two attached hydrogens (primary N) is 1. The van der Waals surface area contributed by atoms with Crippen LogP contribution in [0.15, 0.2) is 30.3 Å². The van der Waals surface area contributed by atoms with Crippen LogP contribution in [0.4, 0.5) is 0 Å². The number of benzene rings is 1. The number of hydrogen-bond donors (Lipinski definition) is 6. The van der Waals surface area contributed by atoms with Crippen molar-refractivity contribution in [3.05, 3.63) is 35.9 Å². The maximum atomic E-state index is 12.6. The van der Waals surface area contributed by atoms with Crippen molar-refractivity contribution >= 4 is 29.6 Å². The zero-order valence-corrected chi connectivity index (χ0v) is 17.0. The van der Waals surface area contributed by atoms with Crippen LogP contribution in [0.25, 0.3) is 0 Å². The maximum Gasteiger partial charge on any atom is 0.332 e. The molecule has 0 fully saturated rings. The van der Waals surface area contributed by atoms with Gasteiger partial charge in [0.05, 0.1) is 21.0 Å². The molecule has 0 aromatic heterocycles. The van der Waals surface area contributed by atoms with Gasteiger partial charge in [-0.05, 0) is 12.5 Å². The van der Waals surface area contributed by atoms with Gasteiger partial charge < -0.3 is 36.8 Å². The van der Waals surface area contributed by atoms with Gasteiger partial charge in [0, 0.05) is 6.42 Å². The molecule has 1 unspecified atom stereocenters. The molecule has 0 radical (unpaired) electrons. The number of carboxylic acids is 1. The molecular formula is C19H27N5O7. The van der Waals surface area contributed by atoms with E-state index in [2.05, 4.69) is 21.3 Å². The van der Waals surface area contributed by atoms with E-state index in [4.69, 9.17) is 16.9 Å². The van der Waals surface area contributed by atoms with Crippen LogP contribution < -0.4 is 27.0 Å². The molecule has 0 aliphatic carbocycles. The maximum absolute atomic E-state index is 12.6. The van der Waals surface area contributed by atoms with Crippen molar-refractivity contribution in [1.29, 1.82) is 0 Å². The summed E-state index contributed by atoms with van der Waals surface area (Å²) in [5, 5.41) is 18.1. The van der Waals surface area contributed by atoms with Crippen molar-refractivity contribution in [3.8, 4) is 0 Å². The lowest BCUT2D eigenvalue weighted by atomic mass is 10.1. The van der Waals surface area contributed by atoms with E-state index in [0.29, 0.717) is 0 Å². The summed E-state index contributed by atoms with van der Waals surface area (Å²) < 4.78 is 12.1. The van der Waals surface area contributed by atoms with Gasteiger partial charge >= 0.3 is 5.97 Å². The largest absolute Gasteiger partial charge is 0.479 e. The predicted molar refractivity (Wildman–Crippen MR) is 108 cm³/mol. The molecule has 0 heterocycles. The summed E-state index contributed by atoms with van der Waals surface area (Å²) in [7, 11) is 0. The van der Waals surface area contributed by atoms with Crippen LogP contribution in [0.1, 0.15) is 13.9 Å². The molecule has 1 rings (SSSR count). The number of hydrogen-bond acceptors (Lipinski definition) is 7. The average molecular weight is 438 g/mol. The Labute approximate surface area is 180 Å². The summed E-state index contributed by atoms with van der Waals surface area (Å²) in [4.78, 5) is 58.5. The first kappa shape index (κ1) is 23.8. The summed E-state index contributed by atoms with van der Waals surface area (Å²) in [6.07, 6.45) is -2.11. The number of ether oxygens (including phenoxy) is 1. The molecule has 4 amide bonds. The van der Waals surface area contributed by atoms with Gasteiger partial charge in [-0.1, -0.05) is 30.3 Å². The second-order valence-corrected chi connectivity index (χ2v) is 6.26. The van der Waals surface area contributed by atoms with E-state index in [-0.39, 0.29) is 19.5 Å². The Bertz CT molecular complexity index is 820. The molecule has 1 aromatic rings. The van der Waals surface area contributed by atoms with E-state index >= 15 is 0 Å². The second kappa shape index (κ2) is 13.7. The fraction of sp³-hybridized carbons (Fsp3) is 0.421. The fourth-order valence-corrected chi connectivity index (χ4v) is 2.20. The third kappa shape index (κ3) is 10.7. The zero-order valence-electron chi connectivity index (χ0n) is 18.0. The molecule has 0 spiro atoms. The summed E-state index contributed by atoms with van der Waals surface area (Å²) >= 11 is 0. The van der Waals surface area contributed by atoms with Crippen LogP contribution in [0, 0.1) is 0 Å². The molecule has 1 aromatic carbocycles. The van der Waals surface area contributed by atoms with Gasteiger partial charge in [-0.3, -0.25) is 19.2 Å². The lowest BCUT2D eigenvalue weighted by molar-refractivity contribution is -0.150. The number of amides is 4. The highest BCUT2D eigenvalue weighted by Crippen LogP contribution is 2.03. The molecule has 0 saturated heterocycles. The van der Waals surface area contributed by atoms with Gasteiger partial charge in [-0.25, -0.2) is 4.79 Å². The third-order valence-electron chi connectivity index (χ3n) is 3.85. The lowest BCUT2D eigenvalue weighted by Crippen LogP contribution is -2.52. The van der Waals surface area contributed by atoms with E-state index in [1.807, 2.05) is 0 Å². The number of carboxylic acid groups (broad SMARTS) is 1. The van der Waals surface area contributed by atoms with Gasteiger partial charge in [0.1, 0.15) is 12.8 Å². The molecule has 12 nitrogen and oxygen atoms in total. The molecule has 170 valence electrons. The number of aliphatic carboxylic acids is 1. The summed E-state index contributed by atoms with van der Waals surface area (Å²) in [6.45, 7) is -0.690. The van der Waals surface area contributed by atoms with Gasteiger partial charge in [-0.2, -0.15) is 0 Å². The summed E-state index contributed by atoms with van der Waals surface area (Å²) in [5.41, 5.74) is 5.91. The normalized spacial score (nSPS) is 13.7. The van der Waals surface area contributed by atoms with Gasteiger partial charge in [0.25, 0.3) is 0 Å². The molecule has 0 bridgehead atoms. The molecule has 0 aliphatic rings. The summed E-state index contributed by atoms with van der Waals surface area (Å²) in [5.74, 6) is -4.03. The van der Waals surface area contributed by atoms with Crippen molar-refractivity contribution in [3.63, 3.8) is 0 Å². The molecule has 7 N–H and O–H groups in total. The highest BCUT2D eigenvalue weighted by atomic mass is 16.5. The number of nitrogens with one attached hydrogen (secondary N) is 4. The van der Waals surface area contributed by atoms with Crippen LogP contribution in [0.3, 0.4) is 0 Å². The molecule has 0 aliphatic heterocycles. The van der Waals surface area contributed by atoms with E-state index in [9.17, 15) is 24.0 Å². The standard InChI is InChI=1S/C19H27N5O7/c1-12(19(29)30)31-11-23-16(26)9-22-18(28)14(7-13-5-3-2-4-6-13)24-17(27)10-21-15(25)8-20/h2-6,12,14H,7-11,20H2,1H3,(H,21,25)(H,22,28)(H,23,26)(H,24,27)(H,29,30)/t12?,14-/m0/s1/i12D. The summed E-state index contributed by atoms with van der Waals surface area (Å²) in [6, 6.07) is 7.79. The van der Waals surface area contributed by atoms with Gasteiger partial charge in [0.15, 0.2) is 6.08 Å². The highest BCUT2D eigenvalue weighted by Gasteiger charge is 2.22. The minimum absolute atomic E-state index is 0.129. The van der Waals surface area contributed by atoms with Crippen molar-refractivity contribution in [1.82, 2.24) is 21.3 Å². The minimum atomic E-state index is -2.24. The first-order chi connectivity index (χ1) is 15.0. The Morgan fingerprint density at radius 3 is 2.29 bits per heavy atom. The van der Waals surface area contributed by atoms with Crippen molar-refractivity contribution in [2.75, 3.05) is 26.4 Å². The Morgan fingerprint density at radius 2 is 1.68 bits per heavy atom. The van der Waals surface area contributed by atoms with Crippen LogP contribution in [-0.2, 0) is 35.1 Å². The van der Waals surface area contributed by atoms with E-state index in [1.54, 1.807) is 30.3 Å². The zero-order chi connectivity index (χ0) is 24.1. The topological polar surface area (TPSA) is 189 Å². The predicted octanol–water partition coefficient (Wildman–Crippen LogP) is -2.53. The molecule has 12 heteroatoms. The second-order valence-electron chi connectivity index (χ2n) is 6.26. The van der Waals surface area contributed by atoms with E-state index in [1.165, 1.54) is 0 Å². The van der Waals surface area contributed by atoms with E-state index < -0.39 is 55.0 Å². The number of rotatable bonds is 13. The van der Waals surface area contributed by atoms with Crippen molar-refractivity contribution in [2.24, 2.45) is 5.73 Å². The molecule has 2 atom stereocenters. The van der Waals surface area contributed by atoms with Crippen molar-refractivity contribution < 1.29 is 35.2 Å². The van der Waals surface area contributed by atoms with E-state index in [0.717, 1.165) is 12.5 Å². The monoisotopic (exact) mass is 438 g/mol. The molecular weight excluding hydrogens is 410 g/mol. The van der Waals surface area contributed by atoms with Crippen LogP contribution in [0.2, 0.25) is 0 Å².